The van der Waals surface area contributed by atoms with Crippen LogP contribution in [0.15, 0.2) is 66.9 Å². The normalized spacial score (nSPS) is 10.8. The lowest BCUT2D eigenvalue weighted by Gasteiger charge is -2.07. The lowest BCUT2D eigenvalue weighted by Crippen LogP contribution is -2.20. The second kappa shape index (κ2) is 9.28. The van der Waals surface area contributed by atoms with Crippen LogP contribution in [0.25, 0.3) is 0 Å². The zero-order valence-corrected chi connectivity index (χ0v) is 18.3. The molecule has 4 rings (SSSR count). The Labute approximate surface area is 189 Å². The van der Waals surface area contributed by atoms with E-state index >= 15 is 0 Å². The van der Waals surface area contributed by atoms with Crippen LogP contribution in [0.4, 0.5) is 16.0 Å². The summed E-state index contributed by atoms with van der Waals surface area (Å²) in [4.78, 5) is 0. The second-order valence-electron chi connectivity index (χ2n) is 6.99. The standard InChI is InChI=1S/C22H20ClFN6S/c1-15-12-21(28-30(15)14-17-7-3-5-9-19(17)24)26-22(31)25-20-10-11-29(27-20)13-16-6-2-4-8-18(16)23/h2-12H,13-14H2,1H3,(H2,25,26,27,28,31). The first-order chi connectivity index (χ1) is 15.0. The first-order valence-electron chi connectivity index (χ1n) is 9.60. The topological polar surface area (TPSA) is 59.7 Å². The van der Waals surface area contributed by atoms with Crippen LogP contribution in [-0.2, 0) is 13.1 Å². The molecule has 0 aliphatic heterocycles. The van der Waals surface area contributed by atoms with Crippen molar-refractivity contribution >= 4 is 40.6 Å². The Kier molecular flexibility index (Phi) is 6.29. The molecule has 0 saturated heterocycles. The van der Waals surface area contributed by atoms with Gasteiger partial charge in [0.05, 0.1) is 13.1 Å². The van der Waals surface area contributed by atoms with Gasteiger partial charge >= 0.3 is 0 Å². The highest BCUT2D eigenvalue weighted by Crippen LogP contribution is 2.17. The lowest BCUT2D eigenvalue weighted by molar-refractivity contribution is 0.581. The summed E-state index contributed by atoms with van der Waals surface area (Å²) in [7, 11) is 0. The molecule has 0 unspecified atom stereocenters. The summed E-state index contributed by atoms with van der Waals surface area (Å²) in [5.74, 6) is 0.922. The molecular weight excluding hydrogens is 435 g/mol. The van der Waals surface area contributed by atoms with E-state index in [4.69, 9.17) is 23.8 Å². The van der Waals surface area contributed by atoms with E-state index in [9.17, 15) is 4.39 Å². The van der Waals surface area contributed by atoms with E-state index in [2.05, 4.69) is 20.8 Å². The maximum Gasteiger partial charge on any atom is 0.177 e. The van der Waals surface area contributed by atoms with Crippen molar-refractivity contribution in [1.29, 1.82) is 0 Å². The minimum absolute atomic E-state index is 0.253. The number of aromatic nitrogens is 4. The van der Waals surface area contributed by atoms with Crippen LogP contribution in [0.3, 0.4) is 0 Å². The van der Waals surface area contributed by atoms with Crippen molar-refractivity contribution in [3.63, 3.8) is 0 Å². The molecule has 2 N–H and O–H groups in total. The van der Waals surface area contributed by atoms with Crippen LogP contribution < -0.4 is 10.6 Å². The number of hydrogen-bond donors (Lipinski definition) is 2. The molecule has 0 bridgehead atoms. The Bertz CT molecular complexity index is 1220. The number of hydrogen-bond acceptors (Lipinski definition) is 3. The number of rotatable bonds is 6. The molecule has 9 heteroatoms. The number of nitrogens with one attached hydrogen (secondary N) is 2. The van der Waals surface area contributed by atoms with E-state index in [0.29, 0.717) is 40.4 Å². The summed E-state index contributed by atoms with van der Waals surface area (Å²) in [5.41, 5.74) is 2.44. The average Bonchev–Trinajstić information content (AvgIpc) is 3.31. The number of halogens is 2. The number of benzene rings is 2. The first-order valence-corrected chi connectivity index (χ1v) is 10.4. The third-order valence-corrected chi connectivity index (χ3v) is 5.25. The van der Waals surface area contributed by atoms with Gasteiger partial charge in [0.15, 0.2) is 16.7 Å². The van der Waals surface area contributed by atoms with Crippen LogP contribution in [-0.4, -0.2) is 24.7 Å². The smallest absolute Gasteiger partial charge is 0.177 e. The Morgan fingerprint density at radius 3 is 2.45 bits per heavy atom. The van der Waals surface area contributed by atoms with Crippen molar-refractivity contribution in [2.24, 2.45) is 0 Å². The maximum absolute atomic E-state index is 13.9. The highest BCUT2D eigenvalue weighted by Gasteiger charge is 2.10. The SMILES string of the molecule is Cc1cc(NC(=S)Nc2ccn(Cc3ccccc3Cl)n2)nn1Cc1ccccc1F. The Morgan fingerprint density at radius 2 is 1.68 bits per heavy atom. The largest absolute Gasteiger partial charge is 0.316 e. The summed E-state index contributed by atoms with van der Waals surface area (Å²) in [6.07, 6.45) is 1.85. The van der Waals surface area contributed by atoms with Gasteiger partial charge in [-0.25, -0.2) is 4.39 Å². The molecule has 0 amide bonds. The van der Waals surface area contributed by atoms with Crippen LogP contribution >= 0.6 is 23.8 Å². The van der Waals surface area contributed by atoms with Gasteiger partial charge in [-0.1, -0.05) is 48.0 Å². The van der Waals surface area contributed by atoms with Gasteiger partial charge in [-0.3, -0.25) is 9.36 Å². The summed E-state index contributed by atoms with van der Waals surface area (Å²) < 4.78 is 17.4. The fourth-order valence-electron chi connectivity index (χ4n) is 3.10. The van der Waals surface area contributed by atoms with Gasteiger partial charge in [-0.15, -0.1) is 0 Å². The van der Waals surface area contributed by atoms with Crippen molar-refractivity contribution in [2.75, 3.05) is 10.6 Å². The van der Waals surface area contributed by atoms with Gasteiger partial charge in [-0.05, 0) is 36.8 Å². The fourth-order valence-corrected chi connectivity index (χ4v) is 3.51. The van der Waals surface area contributed by atoms with Crippen molar-refractivity contribution in [2.45, 2.75) is 20.0 Å². The molecule has 2 heterocycles. The molecule has 158 valence electrons. The van der Waals surface area contributed by atoms with Gasteiger partial charge in [0.1, 0.15) is 5.82 Å². The summed E-state index contributed by atoms with van der Waals surface area (Å²) in [6.45, 7) is 2.81. The molecule has 0 atom stereocenters. The zero-order valence-electron chi connectivity index (χ0n) is 16.7. The molecule has 0 spiro atoms. The monoisotopic (exact) mass is 454 g/mol. The number of anilines is 2. The van der Waals surface area contributed by atoms with E-state index in [1.807, 2.05) is 49.5 Å². The molecule has 6 nitrogen and oxygen atoms in total. The van der Waals surface area contributed by atoms with Crippen molar-refractivity contribution in [3.05, 3.63) is 94.5 Å². The molecule has 0 aliphatic rings. The fraction of sp³-hybridized carbons (Fsp3) is 0.136. The number of nitrogens with zero attached hydrogens (tertiary/aromatic N) is 4. The number of thiocarbonyl (C=S) groups is 1. The lowest BCUT2D eigenvalue weighted by atomic mass is 10.2. The molecular formula is C22H20ClFN6S. The van der Waals surface area contributed by atoms with E-state index in [1.165, 1.54) is 6.07 Å². The van der Waals surface area contributed by atoms with E-state index in [-0.39, 0.29) is 5.82 Å². The van der Waals surface area contributed by atoms with Gasteiger partial charge in [0, 0.05) is 34.6 Å². The molecule has 0 radical (unpaired) electrons. The van der Waals surface area contributed by atoms with E-state index < -0.39 is 0 Å². The first kappa shape index (κ1) is 21.0. The van der Waals surface area contributed by atoms with Crippen LogP contribution in [0.2, 0.25) is 5.02 Å². The molecule has 4 aromatic rings. The van der Waals surface area contributed by atoms with Crippen LogP contribution in [0, 0.1) is 12.7 Å². The predicted molar refractivity (Wildman–Crippen MR) is 125 cm³/mol. The average molecular weight is 455 g/mol. The van der Waals surface area contributed by atoms with E-state index in [0.717, 1.165) is 11.3 Å². The second-order valence-corrected chi connectivity index (χ2v) is 7.80. The summed E-state index contributed by atoms with van der Waals surface area (Å²) >= 11 is 11.6. The highest BCUT2D eigenvalue weighted by molar-refractivity contribution is 7.80. The summed E-state index contributed by atoms with van der Waals surface area (Å²) in [5, 5.41) is 16.1. The molecule has 0 aliphatic carbocycles. The third-order valence-electron chi connectivity index (χ3n) is 4.67. The highest BCUT2D eigenvalue weighted by atomic mass is 35.5. The maximum atomic E-state index is 13.9. The van der Waals surface area contributed by atoms with E-state index in [1.54, 1.807) is 27.6 Å². The minimum atomic E-state index is -0.253. The van der Waals surface area contributed by atoms with Crippen LogP contribution in [0.1, 0.15) is 16.8 Å². The molecule has 0 fully saturated rings. The van der Waals surface area contributed by atoms with Crippen molar-refractivity contribution in [3.8, 4) is 0 Å². The Hall–Kier alpha value is -3.23. The molecule has 2 aromatic carbocycles. The predicted octanol–water partition coefficient (Wildman–Crippen LogP) is 5.09. The Balaban J connectivity index is 1.37. The number of aryl methyl sites for hydroxylation is 1. The minimum Gasteiger partial charge on any atom is -0.316 e. The molecule has 2 aromatic heterocycles. The third kappa shape index (κ3) is 5.28. The van der Waals surface area contributed by atoms with Crippen molar-refractivity contribution < 1.29 is 4.39 Å². The van der Waals surface area contributed by atoms with Gasteiger partial charge in [0.25, 0.3) is 0 Å². The van der Waals surface area contributed by atoms with Gasteiger partial charge in [-0.2, -0.15) is 10.2 Å². The summed E-state index contributed by atoms with van der Waals surface area (Å²) in [6, 6.07) is 18.0. The van der Waals surface area contributed by atoms with Gasteiger partial charge < -0.3 is 10.6 Å². The Morgan fingerprint density at radius 1 is 0.968 bits per heavy atom. The molecule has 0 saturated carbocycles. The van der Waals surface area contributed by atoms with Crippen molar-refractivity contribution in [1.82, 2.24) is 19.6 Å². The van der Waals surface area contributed by atoms with Gasteiger partial charge in [0.2, 0.25) is 0 Å². The van der Waals surface area contributed by atoms with Crippen LogP contribution in [0.5, 0.6) is 0 Å². The molecule has 31 heavy (non-hydrogen) atoms. The quantitative estimate of drug-likeness (QED) is 0.397. The zero-order chi connectivity index (χ0) is 21.8.